The molecule has 3 rings (SSSR count). The summed E-state index contributed by atoms with van der Waals surface area (Å²) in [6.45, 7) is 7.76. The van der Waals surface area contributed by atoms with Crippen LogP contribution in [0.1, 0.15) is 31.1 Å². The van der Waals surface area contributed by atoms with Gasteiger partial charge in [-0.1, -0.05) is 0 Å². The summed E-state index contributed by atoms with van der Waals surface area (Å²) in [7, 11) is -3.96. The van der Waals surface area contributed by atoms with E-state index in [1.165, 1.54) is 4.31 Å². The molecule has 6 nitrogen and oxygen atoms in total. The van der Waals surface area contributed by atoms with Gasteiger partial charge in [-0.3, -0.25) is 4.79 Å². The van der Waals surface area contributed by atoms with Gasteiger partial charge in [-0.2, -0.15) is 4.31 Å². The monoisotopic (exact) mass is 451 g/mol. The number of halogens is 2. The fourth-order valence-corrected chi connectivity index (χ4v) is 5.18. The first-order chi connectivity index (χ1) is 14.6. The van der Waals surface area contributed by atoms with Crippen LogP contribution in [-0.2, 0) is 10.0 Å². The van der Waals surface area contributed by atoms with Crippen LogP contribution in [0.15, 0.2) is 47.4 Å². The summed E-state index contributed by atoms with van der Waals surface area (Å²) in [4.78, 5) is 16.4. The molecule has 0 aromatic heterocycles. The third kappa shape index (κ3) is 4.88. The minimum Gasteiger partial charge on any atom is -0.369 e. The second kappa shape index (κ2) is 9.32. The van der Waals surface area contributed by atoms with Crippen LogP contribution in [-0.4, -0.2) is 62.3 Å². The van der Waals surface area contributed by atoms with E-state index >= 15 is 0 Å². The number of anilines is 1. The highest BCUT2D eigenvalue weighted by molar-refractivity contribution is 7.89. The number of carbonyl (C=O) groups is 1. The van der Waals surface area contributed by atoms with Gasteiger partial charge in [0.15, 0.2) is 11.6 Å². The molecule has 1 heterocycles. The summed E-state index contributed by atoms with van der Waals surface area (Å²) in [6.07, 6.45) is 0. The SMILES string of the molecule is CCN(c1ccc(C(=O)N2CCN(S(=O)(=O)c3ccc(F)c(F)c3)CC2)cc1)C(C)C. The third-order valence-electron chi connectivity index (χ3n) is 5.46. The zero-order chi connectivity index (χ0) is 22.8. The molecule has 1 saturated heterocycles. The van der Waals surface area contributed by atoms with Crippen LogP contribution in [0, 0.1) is 11.6 Å². The molecule has 2 aromatic rings. The van der Waals surface area contributed by atoms with Crippen LogP contribution in [0.2, 0.25) is 0 Å². The highest BCUT2D eigenvalue weighted by Gasteiger charge is 2.31. The van der Waals surface area contributed by atoms with Gasteiger partial charge in [-0.25, -0.2) is 17.2 Å². The Kier molecular flexibility index (Phi) is 6.96. The summed E-state index contributed by atoms with van der Waals surface area (Å²) >= 11 is 0. The van der Waals surface area contributed by atoms with E-state index in [0.717, 1.165) is 24.4 Å². The lowest BCUT2D eigenvalue weighted by molar-refractivity contribution is 0.0698. The number of piperazine rings is 1. The van der Waals surface area contributed by atoms with Crippen molar-refractivity contribution >= 4 is 21.6 Å². The van der Waals surface area contributed by atoms with Gasteiger partial charge in [-0.15, -0.1) is 0 Å². The Morgan fingerprint density at radius 1 is 1.00 bits per heavy atom. The summed E-state index contributed by atoms with van der Waals surface area (Å²) in [5.74, 6) is -2.47. The van der Waals surface area contributed by atoms with Crippen molar-refractivity contribution in [1.82, 2.24) is 9.21 Å². The molecule has 0 bridgehead atoms. The second-order valence-corrected chi connectivity index (χ2v) is 9.64. The van der Waals surface area contributed by atoms with Crippen molar-refractivity contribution in [3.8, 4) is 0 Å². The number of carbonyl (C=O) groups excluding carboxylic acids is 1. The van der Waals surface area contributed by atoms with Crippen molar-refractivity contribution in [3.63, 3.8) is 0 Å². The van der Waals surface area contributed by atoms with Gasteiger partial charge >= 0.3 is 0 Å². The first kappa shape index (κ1) is 23.1. The second-order valence-electron chi connectivity index (χ2n) is 7.70. The lowest BCUT2D eigenvalue weighted by Crippen LogP contribution is -2.50. The minimum absolute atomic E-state index is 0.0854. The first-order valence-corrected chi connectivity index (χ1v) is 11.7. The summed E-state index contributed by atoms with van der Waals surface area (Å²) < 4.78 is 53.2. The summed E-state index contributed by atoms with van der Waals surface area (Å²) in [5.41, 5.74) is 1.58. The average molecular weight is 452 g/mol. The Morgan fingerprint density at radius 2 is 1.61 bits per heavy atom. The van der Waals surface area contributed by atoms with Crippen LogP contribution in [0.4, 0.5) is 14.5 Å². The van der Waals surface area contributed by atoms with E-state index in [4.69, 9.17) is 0 Å². The maximum Gasteiger partial charge on any atom is 0.253 e. The van der Waals surface area contributed by atoms with Gasteiger partial charge in [0.2, 0.25) is 10.0 Å². The molecule has 9 heteroatoms. The number of sulfonamides is 1. The summed E-state index contributed by atoms with van der Waals surface area (Å²) in [5, 5.41) is 0. The molecule has 168 valence electrons. The van der Waals surface area contributed by atoms with Crippen LogP contribution < -0.4 is 4.90 Å². The number of rotatable bonds is 6. The van der Waals surface area contributed by atoms with Crippen LogP contribution in [0.5, 0.6) is 0 Å². The van der Waals surface area contributed by atoms with Crippen molar-refractivity contribution in [3.05, 3.63) is 59.7 Å². The Labute approximate surface area is 182 Å². The molecule has 1 aliphatic rings. The van der Waals surface area contributed by atoms with E-state index < -0.39 is 21.7 Å². The van der Waals surface area contributed by atoms with Crippen LogP contribution in [0.3, 0.4) is 0 Å². The molecule has 0 radical (unpaired) electrons. The largest absolute Gasteiger partial charge is 0.369 e. The maximum atomic E-state index is 13.5. The topological polar surface area (TPSA) is 60.9 Å². The maximum absolute atomic E-state index is 13.5. The average Bonchev–Trinajstić information content (AvgIpc) is 2.76. The molecule has 0 spiro atoms. The number of hydrogen-bond donors (Lipinski definition) is 0. The van der Waals surface area contributed by atoms with Gasteiger partial charge < -0.3 is 9.80 Å². The van der Waals surface area contributed by atoms with E-state index in [1.807, 2.05) is 12.1 Å². The molecule has 0 saturated carbocycles. The number of hydrogen-bond acceptors (Lipinski definition) is 4. The van der Waals surface area contributed by atoms with E-state index in [1.54, 1.807) is 17.0 Å². The van der Waals surface area contributed by atoms with Crippen molar-refractivity contribution in [2.45, 2.75) is 31.7 Å². The van der Waals surface area contributed by atoms with E-state index in [-0.39, 0.29) is 37.0 Å². The highest BCUT2D eigenvalue weighted by Crippen LogP contribution is 2.22. The highest BCUT2D eigenvalue weighted by atomic mass is 32.2. The van der Waals surface area contributed by atoms with Gasteiger partial charge in [0, 0.05) is 50.0 Å². The van der Waals surface area contributed by atoms with E-state index in [9.17, 15) is 22.0 Å². The van der Waals surface area contributed by atoms with Gasteiger partial charge in [0.1, 0.15) is 0 Å². The normalized spacial score (nSPS) is 15.4. The molecule has 1 fully saturated rings. The van der Waals surface area contributed by atoms with Crippen molar-refractivity contribution in [2.75, 3.05) is 37.6 Å². The number of nitrogens with zero attached hydrogens (tertiary/aromatic N) is 3. The fraction of sp³-hybridized carbons (Fsp3) is 0.409. The number of benzene rings is 2. The standard InChI is InChI=1S/C22H27F2N3O3S/c1-4-27(16(2)3)18-7-5-17(6-8-18)22(28)25-11-13-26(14-12-25)31(29,30)19-9-10-20(23)21(24)15-19/h5-10,15-16H,4,11-14H2,1-3H3. The van der Waals surface area contributed by atoms with Crippen LogP contribution >= 0.6 is 0 Å². The van der Waals surface area contributed by atoms with Gasteiger partial charge in [0.25, 0.3) is 5.91 Å². The Balaban J connectivity index is 1.66. The predicted octanol–water partition coefficient (Wildman–Crippen LogP) is 3.35. The lowest BCUT2D eigenvalue weighted by Gasteiger charge is -2.34. The quantitative estimate of drug-likeness (QED) is 0.676. The first-order valence-electron chi connectivity index (χ1n) is 10.3. The van der Waals surface area contributed by atoms with E-state index in [2.05, 4.69) is 25.7 Å². The molecule has 0 aliphatic carbocycles. The predicted molar refractivity (Wildman–Crippen MR) is 116 cm³/mol. The van der Waals surface area contributed by atoms with Crippen molar-refractivity contribution in [1.29, 1.82) is 0 Å². The molecule has 0 atom stereocenters. The van der Waals surface area contributed by atoms with Gasteiger partial charge in [0.05, 0.1) is 4.90 Å². The zero-order valence-corrected chi connectivity index (χ0v) is 18.7. The molecular formula is C22H27F2N3O3S. The minimum atomic E-state index is -3.96. The zero-order valence-electron chi connectivity index (χ0n) is 17.9. The molecule has 0 unspecified atom stereocenters. The summed E-state index contributed by atoms with van der Waals surface area (Å²) in [6, 6.07) is 10.3. The Hall–Kier alpha value is -2.52. The molecule has 2 aromatic carbocycles. The van der Waals surface area contributed by atoms with Crippen molar-refractivity contribution < 1.29 is 22.0 Å². The van der Waals surface area contributed by atoms with Gasteiger partial charge in [-0.05, 0) is 63.2 Å². The number of amides is 1. The molecule has 0 N–H and O–H groups in total. The fourth-order valence-electron chi connectivity index (χ4n) is 3.74. The van der Waals surface area contributed by atoms with E-state index in [0.29, 0.717) is 17.7 Å². The molecule has 1 aliphatic heterocycles. The molecule has 1 amide bonds. The Bertz CT molecular complexity index is 1030. The molecular weight excluding hydrogens is 424 g/mol. The van der Waals surface area contributed by atoms with Crippen LogP contribution in [0.25, 0.3) is 0 Å². The Morgan fingerprint density at radius 3 is 2.13 bits per heavy atom. The smallest absolute Gasteiger partial charge is 0.253 e. The third-order valence-corrected chi connectivity index (χ3v) is 7.36. The lowest BCUT2D eigenvalue weighted by atomic mass is 10.1. The van der Waals surface area contributed by atoms with Crippen molar-refractivity contribution in [2.24, 2.45) is 0 Å². The molecule has 31 heavy (non-hydrogen) atoms.